The number of carbonyl (C=O) groups excluding carboxylic acids is 1. The number of aromatic carboxylic acids is 1. The number of thiophene rings is 1. The maximum Gasteiger partial charge on any atom is 0.448 e. The van der Waals surface area contributed by atoms with Gasteiger partial charge in [0, 0.05) is 11.5 Å². The summed E-state index contributed by atoms with van der Waals surface area (Å²) in [5.41, 5.74) is -0.594. The average Bonchev–Trinajstić information content (AvgIpc) is 2.58. The zero-order valence-electron chi connectivity index (χ0n) is 8.35. The van der Waals surface area contributed by atoms with Gasteiger partial charge in [-0.25, -0.2) is 4.79 Å². The zero-order valence-corrected chi connectivity index (χ0v) is 9.17. The van der Waals surface area contributed by atoms with Crippen molar-refractivity contribution >= 4 is 23.1 Å². The lowest BCUT2D eigenvalue weighted by molar-refractivity contribution is -0.120. The molecule has 1 heterocycles. The lowest BCUT2D eigenvalue weighted by Gasteiger charge is -2.03. The van der Waals surface area contributed by atoms with Gasteiger partial charge in [0.25, 0.3) is 0 Å². The molecule has 0 aliphatic heterocycles. The predicted molar refractivity (Wildman–Crippen MR) is 54.0 cm³/mol. The Kier molecular flexibility index (Phi) is 3.65. The van der Waals surface area contributed by atoms with Gasteiger partial charge in [-0.1, -0.05) is 0 Å². The van der Waals surface area contributed by atoms with E-state index in [1.54, 1.807) is 0 Å². The van der Waals surface area contributed by atoms with E-state index in [1.807, 2.05) is 0 Å². The highest BCUT2D eigenvalue weighted by Gasteiger charge is 2.35. The number of carboxylic acid groups (broad SMARTS) is 1. The Morgan fingerprint density at radius 1 is 1.28 bits per heavy atom. The summed E-state index contributed by atoms with van der Waals surface area (Å²) in [6.07, 6.45) is -5.21. The van der Waals surface area contributed by atoms with E-state index in [2.05, 4.69) is 0 Å². The summed E-state index contributed by atoms with van der Waals surface area (Å²) in [6.45, 7) is 0. The maximum atomic E-state index is 11.9. The molecule has 0 aromatic carbocycles. The standard InChI is InChI=1S/C9H5F3O5S/c10-9(11,12)5(14)1-4(13)7-6(15)3(2-18-7)8(16)17/h1-2,14-15H,(H,16,17). The summed E-state index contributed by atoms with van der Waals surface area (Å²) in [7, 11) is 0. The summed E-state index contributed by atoms with van der Waals surface area (Å²) < 4.78 is 35.8. The number of hydrogen-bond acceptors (Lipinski definition) is 5. The van der Waals surface area contributed by atoms with E-state index in [-0.39, 0.29) is 6.08 Å². The third-order valence-corrected chi connectivity index (χ3v) is 2.76. The first-order chi connectivity index (χ1) is 8.14. The van der Waals surface area contributed by atoms with Crippen LogP contribution in [0.5, 0.6) is 5.75 Å². The van der Waals surface area contributed by atoms with E-state index < -0.39 is 39.9 Å². The van der Waals surface area contributed by atoms with Gasteiger partial charge in [0.2, 0.25) is 11.5 Å². The summed E-state index contributed by atoms with van der Waals surface area (Å²) >= 11 is 0.462. The second-order valence-electron chi connectivity index (χ2n) is 3.02. The quantitative estimate of drug-likeness (QED) is 0.449. The zero-order chi connectivity index (χ0) is 14.1. The third-order valence-electron chi connectivity index (χ3n) is 1.78. The number of aliphatic hydroxyl groups excluding tert-OH is 1. The molecule has 98 valence electrons. The second kappa shape index (κ2) is 4.69. The molecule has 1 aromatic rings. The van der Waals surface area contributed by atoms with Crippen LogP contribution in [-0.2, 0) is 0 Å². The molecule has 0 saturated carbocycles. The van der Waals surface area contributed by atoms with Crippen molar-refractivity contribution in [3.63, 3.8) is 0 Å². The van der Waals surface area contributed by atoms with Gasteiger partial charge < -0.3 is 15.3 Å². The van der Waals surface area contributed by atoms with E-state index in [4.69, 9.17) is 10.2 Å². The van der Waals surface area contributed by atoms with Crippen LogP contribution in [0.3, 0.4) is 0 Å². The van der Waals surface area contributed by atoms with Gasteiger partial charge in [-0.3, -0.25) is 4.79 Å². The fourth-order valence-corrected chi connectivity index (χ4v) is 1.79. The van der Waals surface area contributed by atoms with Gasteiger partial charge in [0.15, 0.2) is 5.75 Å². The highest BCUT2D eigenvalue weighted by atomic mass is 32.1. The monoisotopic (exact) mass is 282 g/mol. The van der Waals surface area contributed by atoms with E-state index in [0.29, 0.717) is 11.3 Å². The van der Waals surface area contributed by atoms with Gasteiger partial charge in [0.05, 0.1) is 0 Å². The molecule has 9 heteroatoms. The first kappa shape index (κ1) is 14.0. The highest BCUT2D eigenvalue weighted by Crippen LogP contribution is 2.31. The Balaban J connectivity index is 3.10. The molecule has 0 aliphatic rings. The van der Waals surface area contributed by atoms with Crippen molar-refractivity contribution in [1.29, 1.82) is 0 Å². The molecule has 0 saturated heterocycles. The molecule has 0 aliphatic carbocycles. The number of rotatable bonds is 3. The summed E-state index contributed by atoms with van der Waals surface area (Å²) in [5.74, 6) is -5.91. The minimum atomic E-state index is -5.09. The maximum absolute atomic E-state index is 11.9. The molecule has 0 amide bonds. The number of halogens is 3. The molecule has 1 aromatic heterocycles. The Morgan fingerprint density at radius 2 is 1.83 bits per heavy atom. The molecule has 0 bridgehead atoms. The van der Waals surface area contributed by atoms with Crippen molar-refractivity contribution in [3.05, 3.63) is 27.7 Å². The van der Waals surface area contributed by atoms with Gasteiger partial charge in [0.1, 0.15) is 10.4 Å². The van der Waals surface area contributed by atoms with Crippen LogP contribution in [0.2, 0.25) is 0 Å². The number of ketones is 1. The number of aromatic hydroxyl groups is 1. The molecule has 0 spiro atoms. The first-order valence-electron chi connectivity index (χ1n) is 4.20. The fourth-order valence-electron chi connectivity index (χ4n) is 0.950. The molecule has 18 heavy (non-hydrogen) atoms. The Morgan fingerprint density at radius 3 is 2.22 bits per heavy atom. The average molecular weight is 282 g/mol. The molecule has 0 unspecified atom stereocenters. The summed E-state index contributed by atoms with van der Waals surface area (Å²) in [6, 6.07) is 0. The van der Waals surface area contributed by atoms with Crippen LogP contribution in [-0.4, -0.2) is 33.2 Å². The lowest BCUT2D eigenvalue weighted by atomic mass is 10.2. The van der Waals surface area contributed by atoms with Crippen molar-refractivity contribution < 1.29 is 38.1 Å². The molecule has 5 nitrogen and oxygen atoms in total. The van der Waals surface area contributed by atoms with Crippen LogP contribution < -0.4 is 0 Å². The summed E-state index contributed by atoms with van der Waals surface area (Å²) in [4.78, 5) is 21.2. The lowest BCUT2D eigenvalue weighted by Crippen LogP contribution is -2.12. The molecule has 1 rings (SSSR count). The summed E-state index contributed by atoms with van der Waals surface area (Å²) in [5, 5.41) is 27.3. The molecule has 3 N–H and O–H groups in total. The smallest absolute Gasteiger partial charge is 0.448 e. The first-order valence-corrected chi connectivity index (χ1v) is 5.08. The van der Waals surface area contributed by atoms with Crippen LogP contribution in [0.1, 0.15) is 20.0 Å². The van der Waals surface area contributed by atoms with Crippen LogP contribution in [0.4, 0.5) is 13.2 Å². The van der Waals surface area contributed by atoms with Crippen LogP contribution in [0, 0.1) is 0 Å². The largest absolute Gasteiger partial charge is 0.505 e. The van der Waals surface area contributed by atoms with Crippen LogP contribution in [0.15, 0.2) is 17.2 Å². The molecule has 0 atom stereocenters. The fraction of sp³-hybridized carbons (Fsp3) is 0.111. The van der Waals surface area contributed by atoms with Gasteiger partial charge in [-0.2, -0.15) is 13.2 Å². The molecule has 0 fully saturated rings. The SMILES string of the molecule is O=C(O)c1csc(C(=O)C=C(O)C(F)(F)F)c1O. The number of alkyl halides is 3. The van der Waals surface area contributed by atoms with Crippen molar-refractivity contribution in [3.8, 4) is 5.75 Å². The van der Waals surface area contributed by atoms with Crippen LogP contribution >= 0.6 is 11.3 Å². The van der Waals surface area contributed by atoms with E-state index in [1.165, 1.54) is 0 Å². The van der Waals surface area contributed by atoms with E-state index in [9.17, 15) is 27.9 Å². The van der Waals surface area contributed by atoms with Crippen molar-refractivity contribution in [2.24, 2.45) is 0 Å². The minimum Gasteiger partial charge on any atom is -0.505 e. The minimum absolute atomic E-state index is 0.128. The number of aliphatic hydroxyl groups is 1. The number of allylic oxidation sites excluding steroid dienone is 2. The van der Waals surface area contributed by atoms with Gasteiger partial charge in [-0.05, 0) is 0 Å². The second-order valence-corrected chi connectivity index (χ2v) is 3.90. The Bertz CT molecular complexity index is 529. The van der Waals surface area contributed by atoms with Crippen molar-refractivity contribution in [2.75, 3.05) is 0 Å². The Hall–Kier alpha value is -2.03. The third kappa shape index (κ3) is 2.80. The highest BCUT2D eigenvalue weighted by molar-refractivity contribution is 7.13. The molecule has 0 radical (unpaired) electrons. The molecular weight excluding hydrogens is 277 g/mol. The van der Waals surface area contributed by atoms with Gasteiger partial charge >= 0.3 is 12.1 Å². The van der Waals surface area contributed by atoms with Gasteiger partial charge in [-0.15, -0.1) is 11.3 Å². The van der Waals surface area contributed by atoms with Crippen molar-refractivity contribution in [2.45, 2.75) is 6.18 Å². The predicted octanol–water partition coefficient (Wildman–Crippen LogP) is 2.34. The van der Waals surface area contributed by atoms with Crippen molar-refractivity contribution in [1.82, 2.24) is 0 Å². The number of carboxylic acids is 1. The van der Waals surface area contributed by atoms with Crippen LogP contribution in [0.25, 0.3) is 0 Å². The topological polar surface area (TPSA) is 94.8 Å². The number of hydrogen-bond donors (Lipinski definition) is 3. The number of carbonyl (C=O) groups is 2. The van der Waals surface area contributed by atoms with E-state index >= 15 is 0 Å². The Labute approximate surface area is 101 Å². The molecular formula is C9H5F3O5S. The van der Waals surface area contributed by atoms with E-state index in [0.717, 1.165) is 5.38 Å². The normalized spacial score (nSPS) is 12.5.